The van der Waals surface area contributed by atoms with Gasteiger partial charge >= 0.3 is 0 Å². The highest BCUT2D eigenvalue weighted by atomic mass is 32.2. The zero-order valence-electron chi connectivity index (χ0n) is 14.4. The summed E-state index contributed by atoms with van der Waals surface area (Å²) in [7, 11) is -3.61. The van der Waals surface area contributed by atoms with Crippen LogP contribution in [-0.4, -0.2) is 18.4 Å². The van der Waals surface area contributed by atoms with E-state index in [9.17, 15) is 8.42 Å². The van der Waals surface area contributed by atoms with Crippen LogP contribution in [-0.2, 0) is 16.6 Å². The van der Waals surface area contributed by atoms with Crippen molar-refractivity contribution in [2.75, 3.05) is 0 Å². The fourth-order valence-electron chi connectivity index (χ4n) is 2.86. The Balaban J connectivity index is 1.55. The van der Waals surface area contributed by atoms with Crippen LogP contribution in [0.1, 0.15) is 5.56 Å². The second-order valence-electron chi connectivity index (χ2n) is 6.12. The van der Waals surface area contributed by atoms with Crippen LogP contribution in [0.2, 0.25) is 0 Å². The van der Waals surface area contributed by atoms with E-state index in [-0.39, 0.29) is 11.4 Å². The number of fused-ring (bicyclic) bond motifs is 1. The lowest BCUT2D eigenvalue weighted by Gasteiger charge is -2.09. The summed E-state index contributed by atoms with van der Waals surface area (Å²) in [4.78, 5) is 8.59. The standard InChI is InChI=1S/C21H17N3O2S/c25-27(26,20-6-5-17-3-1-2-4-19(17)14-20)24-15-16-7-12-23-21(13-16)18-8-10-22-11-9-18/h1-14,24H,15H2. The van der Waals surface area contributed by atoms with E-state index in [1.165, 1.54) is 0 Å². The predicted molar refractivity (Wildman–Crippen MR) is 105 cm³/mol. The molecule has 4 aromatic rings. The number of rotatable bonds is 5. The van der Waals surface area contributed by atoms with Gasteiger partial charge in [-0.15, -0.1) is 0 Å². The molecule has 5 nitrogen and oxygen atoms in total. The molecule has 0 saturated heterocycles. The number of hydrogen-bond donors (Lipinski definition) is 1. The Bertz CT molecular complexity index is 1190. The summed E-state index contributed by atoms with van der Waals surface area (Å²) in [6.45, 7) is 0.190. The van der Waals surface area contributed by atoms with Gasteiger partial charge in [-0.2, -0.15) is 0 Å². The Kier molecular flexibility index (Phi) is 4.66. The maximum atomic E-state index is 12.7. The lowest BCUT2D eigenvalue weighted by Crippen LogP contribution is -2.23. The van der Waals surface area contributed by atoms with Crippen molar-refractivity contribution in [3.05, 3.63) is 90.9 Å². The molecule has 4 rings (SSSR count). The van der Waals surface area contributed by atoms with Gasteiger partial charge in [-0.25, -0.2) is 13.1 Å². The maximum absolute atomic E-state index is 12.7. The van der Waals surface area contributed by atoms with Gasteiger partial charge in [-0.05, 0) is 52.7 Å². The van der Waals surface area contributed by atoms with Crippen molar-refractivity contribution in [3.63, 3.8) is 0 Å². The minimum absolute atomic E-state index is 0.190. The highest BCUT2D eigenvalue weighted by Crippen LogP contribution is 2.20. The third kappa shape index (κ3) is 3.86. The van der Waals surface area contributed by atoms with E-state index >= 15 is 0 Å². The molecule has 0 bridgehead atoms. The monoisotopic (exact) mass is 375 g/mol. The molecule has 27 heavy (non-hydrogen) atoms. The zero-order chi connectivity index (χ0) is 18.7. The van der Waals surface area contributed by atoms with Crippen molar-refractivity contribution < 1.29 is 8.42 Å². The summed E-state index contributed by atoms with van der Waals surface area (Å²) >= 11 is 0. The molecule has 0 aliphatic rings. The number of hydrogen-bond acceptors (Lipinski definition) is 4. The summed E-state index contributed by atoms with van der Waals surface area (Å²) in [5, 5.41) is 1.90. The van der Waals surface area contributed by atoms with E-state index in [0.29, 0.717) is 0 Å². The molecule has 2 aromatic carbocycles. The average Bonchev–Trinajstić information content (AvgIpc) is 2.73. The van der Waals surface area contributed by atoms with Crippen molar-refractivity contribution in [3.8, 4) is 11.3 Å². The molecule has 6 heteroatoms. The van der Waals surface area contributed by atoms with E-state index in [0.717, 1.165) is 27.6 Å². The van der Waals surface area contributed by atoms with Crippen LogP contribution >= 0.6 is 0 Å². The van der Waals surface area contributed by atoms with Crippen LogP contribution in [0.5, 0.6) is 0 Å². The third-order valence-corrected chi connectivity index (χ3v) is 5.70. The van der Waals surface area contributed by atoms with Gasteiger partial charge in [0, 0.05) is 30.7 Å². The third-order valence-electron chi connectivity index (χ3n) is 4.30. The van der Waals surface area contributed by atoms with E-state index in [2.05, 4.69) is 14.7 Å². The van der Waals surface area contributed by atoms with Gasteiger partial charge in [0.2, 0.25) is 10.0 Å². The molecular weight excluding hydrogens is 358 g/mol. The Hall–Kier alpha value is -3.09. The molecule has 1 N–H and O–H groups in total. The first kappa shape index (κ1) is 17.3. The molecule has 2 heterocycles. The molecule has 0 fully saturated rings. The normalized spacial score (nSPS) is 11.6. The fourth-order valence-corrected chi connectivity index (χ4v) is 3.91. The lowest BCUT2D eigenvalue weighted by atomic mass is 10.1. The first-order valence-corrected chi connectivity index (χ1v) is 9.94. The van der Waals surface area contributed by atoms with E-state index in [1.807, 2.05) is 48.5 Å². The first-order chi connectivity index (χ1) is 13.1. The Morgan fingerprint density at radius 3 is 2.41 bits per heavy atom. The summed E-state index contributed by atoms with van der Waals surface area (Å²) < 4.78 is 28.0. The van der Waals surface area contributed by atoms with E-state index in [4.69, 9.17) is 0 Å². The number of aromatic nitrogens is 2. The molecule has 0 aliphatic heterocycles. The molecule has 0 saturated carbocycles. The molecular formula is C21H17N3O2S. The quantitative estimate of drug-likeness (QED) is 0.576. The van der Waals surface area contributed by atoms with Gasteiger partial charge in [-0.3, -0.25) is 9.97 Å². The number of nitrogens with zero attached hydrogens (tertiary/aromatic N) is 2. The van der Waals surface area contributed by atoms with Crippen molar-refractivity contribution in [2.45, 2.75) is 11.4 Å². The van der Waals surface area contributed by atoms with Crippen molar-refractivity contribution >= 4 is 20.8 Å². The van der Waals surface area contributed by atoms with Gasteiger partial charge in [0.1, 0.15) is 0 Å². The highest BCUT2D eigenvalue weighted by Gasteiger charge is 2.14. The second kappa shape index (κ2) is 7.26. The first-order valence-electron chi connectivity index (χ1n) is 8.46. The van der Waals surface area contributed by atoms with Crippen molar-refractivity contribution in [2.24, 2.45) is 0 Å². The number of sulfonamides is 1. The SMILES string of the molecule is O=S(=O)(NCc1ccnc(-c2ccncc2)c1)c1ccc2ccccc2c1. The Morgan fingerprint density at radius 1 is 0.815 bits per heavy atom. The van der Waals surface area contributed by atoms with Crippen LogP contribution in [0.4, 0.5) is 0 Å². The predicted octanol–water partition coefficient (Wildman–Crippen LogP) is 3.78. The average molecular weight is 375 g/mol. The van der Waals surface area contributed by atoms with Crippen LogP contribution in [0, 0.1) is 0 Å². The molecule has 0 spiro atoms. The van der Waals surface area contributed by atoms with Crippen molar-refractivity contribution in [1.82, 2.24) is 14.7 Å². The summed E-state index contributed by atoms with van der Waals surface area (Å²) in [5.74, 6) is 0. The van der Waals surface area contributed by atoms with Gasteiger partial charge < -0.3 is 0 Å². The molecule has 0 unspecified atom stereocenters. The minimum Gasteiger partial charge on any atom is -0.265 e. The van der Waals surface area contributed by atoms with E-state index < -0.39 is 10.0 Å². The van der Waals surface area contributed by atoms with Gasteiger partial charge in [0.25, 0.3) is 0 Å². The van der Waals surface area contributed by atoms with Gasteiger partial charge in [0.15, 0.2) is 0 Å². The zero-order valence-corrected chi connectivity index (χ0v) is 15.2. The number of benzene rings is 2. The maximum Gasteiger partial charge on any atom is 0.240 e. The molecule has 134 valence electrons. The molecule has 0 radical (unpaired) electrons. The summed E-state index contributed by atoms with van der Waals surface area (Å²) in [6.07, 6.45) is 5.08. The molecule has 0 amide bonds. The van der Waals surface area contributed by atoms with Crippen LogP contribution in [0.25, 0.3) is 22.0 Å². The molecule has 0 aliphatic carbocycles. The Morgan fingerprint density at radius 2 is 1.59 bits per heavy atom. The summed E-state index contributed by atoms with van der Waals surface area (Å²) in [5.41, 5.74) is 2.55. The largest absolute Gasteiger partial charge is 0.265 e. The van der Waals surface area contributed by atoms with Crippen molar-refractivity contribution in [1.29, 1.82) is 0 Å². The molecule has 2 aromatic heterocycles. The molecule has 0 atom stereocenters. The fraction of sp³-hybridized carbons (Fsp3) is 0.0476. The Labute approximate surface area is 157 Å². The van der Waals surface area contributed by atoms with E-state index in [1.54, 1.807) is 36.8 Å². The van der Waals surface area contributed by atoms with Crippen LogP contribution < -0.4 is 4.72 Å². The summed E-state index contributed by atoms with van der Waals surface area (Å²) in [6, 6.07) is 20.2. The minimum atomic E-state index is -3.61. The van der Waals surface area contributed by atoms with Crippen LogP contribution in [0.3, 0.4) is 0 Å². The number of nitrogens with one attached hydrogen (secondary N) is 1. The number of pyridine rings is 2. The highest BCUT2D eigenvalue weighted by molar-refractivity contribution is 7.89. The van der Waals surface area contributed by atoms with Gasteiger partial charge in [-0.1, -0.05) is 30.3 Å². The lowest BCUT2D eigenvalue weighted by molar-refractivity contribution is 0.581. The van der Waals surface area contributed by atoms with Crippen LogP contribution in [0.15, 0.2) is 90.2 Å². The van der Waals surface area contributed by atoms with Gasteiger partial charge in [0.05, 0.1) is 10.6 Å². The smallest absolute Gasteiger partial charge is 0.240 e. The second-order valence-corrected chi connectivity index (χ2v) is 7.89. The topological polar surface area (TPSA) is 72.0 Å².